The maximum Gasteiger partial charge on any atom is 0.293 e. The first-order valence-corrected chi connectivity index (χ1v) is 8.80. The summed E-state index contributed by atoms with van der Waals surface area (Å²) in [6.45, 7) is -0.0754. The van der Waals surface area contributed by atoms with Crippen molar-refractivity contribution in [3.8, 4) is 0 Å². The van der Waals surface area contributed by atoms with Gasteiger partial charge < -0.3 is 5.32 Å². The van der Waals surface area contributed by atoms with E-state index in [1.54, 1.807) is 6.08 Å². The number of halogens is 2. The first kappa shape index (κ1) is 18.8. The Kier molecular flexibility index (Phi) is 5.66. The molecule has 1 N–H and O–H groups in total. The fourth-order valence-electron chi connectivity index (χ4n) is 2.46. The van der Waals surface area contributed by atoms with Crippen molar-refractivity contribution in [3.05, 3.63) is 76.2 Å². The third-order valence-electron chi connectivity index (χ3n) is 3.72. The molecule has 27 heavy (non-hydrogen) atoms. The molecule has 0 saturated carbocycles. The van der Waals surface area contributed by atoms with Crippen LogP contribution in [0.4, 0.5) is 13.6 Å². The van der Waals surface area contributed by atoms with Crippen LogP contribution in [-0.2, 0) is 4.79 Å². The predicted octanol–water partition coefficient (Wildman–Crippen LogP) is 3.43. The molecule has 0 aliphatic carbocycles. The van der Waals surface area contributed by atoms with E-state index in [0.717, 1.165) is 34.4 Å². The molecule has 1 fully saturated rings. The second-order valence-corrected chi connectivity index (χ2v) is 6.65. The lowest BCUT2D eigenvalue weighted by molar-refractivity contribution is -0.122. The van der Waals surface area contributed by atoms with Crippen molar-refractivity contribution in [2.45, 2.75) is 0 Å². The highest BCUT2D eigenvalue weighted by atomic mass is 32.2. The van der Waals surface area contributed by atoms with E-state index in [2.05, 4.69) is 5.32 Å². The van der Waals surface area contributed by atoms with Gasteiger partial charge in [0.2, 0.25) is 0 Å². The summed E-state index contributed by atoms with van der Waals surface area (Å²) in [5.74, 6) is -2.87. The molecule has 0 unspecified atom stereocenters. The summed E-state index contributed by atoms with van der Waals surface area (Å²) >= 11 is 0.822. The van der Waals surface area contributed by atoms with Crippen molar-refractivity contribution in [3.63, 3.8) is 0 Å². The van der Waals surface area contributed by atoms with Crippen LogP contribution in [0.25, 0.3) is 6.08 Å². The van der Waals surface area contributed by atoms with Gasteiger partial charge in [-0.3, -0.25) is 19.3 Å². The predicted molar refractivity (Wildman–Crippen MR) is 97.8 cm³/mol. The first-order valence-electron chi connectivity index (χ1n) is 7.99. The average Bonchev–Trinajstić information content (AvgIpc) is 2.89. The second-order valence-electron chi connectivity index (χ2n) is 5.66. The molecule has 8 heteroatoms. The summed E-state index contributed by atoms with van der Waals surface area (Å²) in [5, 5.41) is 2.00. The first-order chi connectivity index (χ1) is 12.9. The molecule has 1 aliphatic rings. The monoisotopic (exact) mass is 388 g/mol. The summed E-state index contributed by atoms with van der Waals surface area (Å²) in [6, 6.07) is 11.6. The largest absolute Gasteiger partial charge is 0.350 e. The molecule has 138 valence electrons. The van der Waals surface area contributed by atoms with E-state index in [9.17, 15) is 23.2 Å². The van der Waals surface area contributed by atoms with E-state index in [-0.39, 0.29) is 18.7 Å². The van der Waals surface area contributed by atoms with Gasteiger partial charge in [-0.2, -0.15) is 0 Å². The van der Waals surface area contributed by atoms with Crippen molar-refractivity contribution in [1.82, 2.24) is 10.2 Å². The number of nitrogens with zero attached hydrogens (tertiary/aromatic N) is 1. The fraction of sp³-hybridized carbons (Fsp3) is 0.105. The number of carbonyl (C=O) groups excluding carboxylic acids is 3. The van der Waals surface area contributed by atoms with Gasteiger partial charge in [0.25, 0.3) is 17.1 Å². The summed E-state index contributed by atoms with van der Waals surface area (Å²) in [4.78, 5) is 37.7. The van der Waals surface area contributed by atoms with Crippen LogP contribution in [-0.4, -0.2) is 35.0 Å². The Morgan fingerprint density at radius 3 is 2.41 bits per heavy atom. The number of nitrogens with one attached hydrogen (secondary N) is 1. The van der Waals surface area contributed by atoms with Crippen molar-refractivity contribution in [1.29, 1.82) is 0 Å². The van der Waals surface area contributed by atoms with Crippen LogP contribution < -0.4 is 5.32 Å². The quantitative estimate of drug-likeness (QED) is 0.797. The van der Waals surface area contributed by atoms with E-state index in [1.165, 1.54) is 0 Å². The number of hydrogen-bond donors (Lipinski definition) is 1. The van der Waals surface area contributed by atoms with Gasteiger partial charge in [0.15, 0.2) is 0 Å². The number of benzene rings is 2. The molecular formula is C19H14F2N2O3S. The molecule has 5 nitrogen and oxygen atoms in total. The van der Waals surface area contributed by atoms with Crippen molar-refractivity contribution >= 4 is 34.9 Å². The zero-order chi connectivity index (χ0) is 19.4. The minimum atomic E-state index is -0.864. The van der Waals surface area contributed by atoms with Crippen molar-refractivity contribution in [2.24, 2.45) is 0 Å². The Morgan fingerprint density at radius 2 is 1.74 bits per heavy atom. The second kappa shape index (κ2) is 8.13. The smallest absolute Gasteiger partial charge is 0.293 e. The normalized spacial score (nSPS) is 15.5. The molecule has 0 radical (unpaired) electrons. The van der Waals surface area contributed by atoms with Gasteiger partial charge in [0, 0.05) is 24.7 Å². The van der Waals surface area contributed by atoms with E-state index < -0.39 is 28.7 Å². The molecule has 1 heterocycles. The van der Waals surface area contributed by atoms with Crippen LogP contribution in [0.3, 0.4) is 0 Å². The molecule has 0 aromatic heterocycles. The highest BCUT2D eigenvalue weighted by Crippen LogP contribution is 2.31. The van der Waals surface area contributed by atoms with Crippen LogP contribution in [0.2, 0.25) is 0 Å². The lowest BCUT2D eigenvalue weighted by Crippen LogP contribution is -2.37. The van der Waals surface area contributed by atoms with Crippen LogP contribution in [0, 0.1) is 11.6 Å². The summed E-state index contributed by atoms with van der Waals surface area (Å²) in [6.07, 6.45) is 1.62. The van der Waals surface area contributed by atoms with E-state index in [0.29, 0.717) is 11.0 Å². The molecule has 2 aromatic carbocycles. The molecule has 0 bridgehead atoms. The van der Waals surface area contributed by atoms with Crippen LogP contribution in [0.5, 0.6) is 0 Å². The van der Waals surface area contributed by atoms with Crippen molar-refractivity contribution in [2.75, 3.05) is 13.1 Å². The summed E-state index contributed by atoms with van der Waals surface area (Å²) < 4.78 is 26.3. The van der Waals surface area contributed by atoms with Crippen LogP contribution in [0.15, 0.2) is 53.4 Å². The highest BCUT2D eigenvalue weighted by molar-refractivity contribution is 8.18. The minimum Gasteiger partial charge on any atom is -0.350 e. The van der Waals surface area contributed by atoms with Gasteiger partial charge in [0.05, 0.1) is 4.91 Å². The molecule has 1 saturated heterocycles. The van der Waals surface area contributed by atoms with Gasteiger partial charge in [0.1, 0.15) is 11.6 Å². The third kappa shape index (κ3) is 4.59. The highest BCUT2D eigenvalue weighted by Gasteiger charge is 2.34. The molecule has 0 atom stereocenters. The fourth-order valence-corrected chi connectivity index (χ4v) is 3.33. The molecular weight excluding hydrogens is 374 g/mol. The standard InChI is InChI=1S/C19H14F2N2O3S/c20-14-9-13(10-15(21)11-14)17(24)22-6-7-23-18(25)16(27-19(23)26)8-12-4-2-1-3-5-12/h1-5,8-11H,6-7H2,(H,22,24). The van der Waals surface area contributed by atoms with E-state index in [1.807, 2.05) is 30.3 Å². The SMILES string of the molecule is O=C(NCCN1C(=O)SC(=Cc2ccccc2)C1=O)c1cc(F)cc(F)c1. The Morgan fingerprint density at radius 1 is 1.07 bits per heavy atom. The van der Waals surface area contributed by atoms with Crippen LogP contribution >= 0.6 is 11.8 Å². The number of amides is 3. The Hall–Kier alpha value is -3.00. The Bertz CT molecular complexity index is 912. The zero-order valence-corrected chi connectivity index (χ0v) is 14.8. The molecule has 3 rings (SSSR count). The summed E-state index contributed by atoms with van der Waals surface area (Å²) in [5.41, 5.74) is 0.620. The third-order valence-corrected chi connectivity index (χ3v) is 4.62. The minimum absolute atomic E-state index is 0.0341. The number of rotatable bonds is 5. The Labute approximate surface area is 158 Å². The van der Waals surface area contributed by atoms with Gasteiger partial charge in [-0.1, -0.05) is 30.3 Å². The van der Waals surface area contributed by atoms with Gasteiger partial charge in [-0.25, -0.2) is 8.78 Å². The number of imide groups is 1. The number of hydrogen-bond acceptors (Lipinski definition) is 4. The lowest BCUT2D eigenvalue weighted by atomic mass is 10.2. The molecule has 1 aliphatic heterocycles. The average molecular weight is 388 g/mol. The van der Waals surface area contributed by atoms with Gasteiger partial charge in [-0.05, 0) is 35.5 Å². The number of carbonyl (C=O) groups is 3. The van der Waals surface area contributed by atoms with E-state index >= 15 is 0 Å². The van der Waals surface area contributed by atoms with Gasteiger partial charge >= 0.3 is 0 Å². The Balaban J connectivity index is 1.59. The lowest BCUT2D eigenvalue weighted by Gasteiger charge is -2.13. The maximum atomic E-state index is 13.2. The maximum absolute atomic E-state index is 13.2. The molecule has 3 amide bonds. The van der Waals surface area contributed by atoms with Crippen molar-refractivity contribution < 1.29 is 23.2 Å². The zero-order valence-electron chi connectivity index (χ0n) is 13.9. The molecule has 2 aromatic rings. The van der Waals surface area contributed by atoms with Gasteiger partial charge in [-0.15, -0.1) is 0 Å². The molecule has 0 spiro atoms. The summed E-state index contributed by atoms with van der Waals surface area (Å²) in [7, 11) is 0. The number of thioether (sulfide) groups is 1. The van der Waals surface area contributed by atoms with E-state index in [4.69, 9.17) is 0 Å². The topological polar surface area (TPSA) is 66.5 Å². The van der Waals surface area contributed by atoms with Crippen LogP contribution in [0.1, 0.15) is 15.9 Å².